The first-order chi connectivity index (χ1) is 9.61. The number of aromatic nitrogens is 2. The standard InChI is InChI=1S/C17H15N3/c1-11-5-4-6-12(2)16(11)17-19-14-9-13(10-18)7-8-15(14)20(17)3/h4-9H,1-3H3. The van der Waals surface area contributed by atoms with E-state index in [1.165, 1.54) is 16.7 Å². The summed E-state index contributed by atoms with van der Waals surface area (Å²) in [5.41, 5.74) is 6.15. The van der Waals surface area contributed by atoms with Crippen LogP contribution in [0.5, 0.6) is 0 Å². The molecule has 1 aromatic heterocycles. The van der Waals surface area contributed by atoms with E-state index in [-0.39, 0.29) is 0 Å². The summed E-state index contributed by atoms with van der Waals surface area (Å²) >= 11 is 0. The minimum atomic E-state index is 0.642. The molecule has 0 N–H and O–H groups in total. The van der Waals surface area contributed by atoms with Crippen LogP contribution in [0.15, 0.2) is 36.4 Å². The highest BCUT2D eigenvalue weighted by molar-refractivity contribution is 5.83. The van der Waals surface area contributed by atoms with Gasteiger partial charge in [-0.1, -0.05) is 18.2 Å². The first kappa shape index (κ1) is 12.4. The molecule has 20 heavy (non-hydrogen) atoms. The summed E-state index contributed by atoms with van der Waals surface area (Å²) in [6.07, 6.45) is 0. The summed E-state index contributed by atoms with van der Waals surface area (Å²) in [6.45, 7) is 4.20. The number of nitriles is 1. The maximum atomic E-state index is 8.99. The number of hydrogen-bond acceptors (Lipinski definition) is 2. The highest BCUT2D eigenvalue weighted by atomic mass is 15.1. The molecular formula is C17H15N3. The molecule has 2 aromatic carbocycles. The quantitative estimate of drug-likeness (QED) is 0.669. The van der Waals surface area contributed by atoms with Gasteiger partial charge in [0.2, 0.25) is 0 Å². The van der Waals surface area contributed by atoms with E-state index in [1.807, 2.05) is 25.2 Å². The molecule has 0 aliphatic heterocycles. The van der Waals surface area contributed by atoms with Gasteiger partial charge in [-0.05, 0) is 43.2 Å². The minimum absolute atomic E-state index is 0.642. The topological polar surface area (TPSA) is 41.6 Å². The van der Waals surface area contributed by atoms with E-state index in [1.54, 1.807) is 0 Å². The second-order valence-electron chi connectivity index (χ2n) is 5.08. The molecule has 98 valence electrons. The van der Waals surface area contributed by atoms with E-state index in [0.717, 1.165) is 16.9 Å². The van der Waals surface area contributed by atoms with E-state index >= 15 is 0 Å². The van der Waals surface area contributed by atoms with Gasteiger partial charge in [0.05, 0.1) is 22.7 Å². The third kappa shape index (κ3) is 1.78. The van der Waals surface area contributed by atoms with Crippen molar-refractivity contribution in [1.82, 2.24) is 9.55 Å². The Balaban J connectivity index is 2.33. The molecule has 3 aromatic rings. The van der Waals surface area contributed by atoms with Crippen molar-refractivity contribution in [2.24, 2.45) is 7.05 Å². The Bertz CT molecular complexity index is 830. The van der Waals surface area contributed by atoms with Gasteiger partial charge >= 0.3 is 0 Å². The van der Waals surface area contributed by atoms with Gasteiger partial charge in [-0.15, -0.1) is 0 Å². The number of imidazole rings is 1. The molecule has 0 bridgehead atoms. The van der Waals surface area contributed by atoms with Crippen LogP contribution < -0.4 is 0 Å². The average molecular weight is 261 g/mol. The fourth-order valence-corrected chi connectivity index (χ4v) is 2.66. The number of hydrogen-bond donors (Lipinski definition) is 0. The summed E-state index contributed by atoms with van der Waals surface area (Å²) in [4.78, 5) is 4.72. The zero-order valence-electron chi connectivity index (χ0n) is 11.8. The monoisotopic (exact) mass is 261 g/mol. The zero-order chi connectivity index (χ0) is 14.3. The van der Waals surface area contributed by atoms with Crippen LogP contribution in [0.2, 0.25) is 0 Å². The maximum Gasteiger partial charge on any atom is 0.141 e. The van der Waals surface area contributed by atoms with Crippen molar-refractivity contribution in [3.63, 3.8) is 0 Å². The Morgan fingerprint density at radius 3 is 2.45 bits per heavy atom. The Hall–Kier alpha value is -2.60. The molecule has 0 saturated carbocycles. The number of rotatable bonds is 1. The summed E-state index contributed by atoms with van der Waals surface area (Å²) in [5.74, 6) is 0.950. The van der Waals surface area contributed by atoms with Gasteiger partial charge in [-0.25, -0.2) is 4.98 Å². The second kappa shape index (κ2) is 4.50. The van der Waals surface area contributed by atoms with Crippen molar-refractivity contribution in [2.75, 3.05) is 0 Å². The van der Waals surface area contributed by atoms with Crippen molar-refractivity contribution in [1.29, 1.82) is 5.26 Å². The lowest BCUT2D eigenvalue weighted by Gasteiger charge is -2.09. The van der Waals surface area contributed by atoms with Gasteiger partial charge in [-0.3, -0.25) is 0 Å². The highest BCUT2D eigenvalue weighted by Crippen LogP contribution is 2.29. The molecule has 0 aliphatic carbocycles. The molecular weight excluding hydrogens is 246 g/mol. The lowest BCUT2D eigenvalue weighted by molar-refractivity contribution is 0.955. The van der Waals surface area contributed by atoms with Crippen molar-refractivity contribution in [2.45, 2.75) is 13.8 Å². The van der Waals surface area contributed by atoms with Crippen LogP contribution in [0.4, 0.5) is 0 Å². The van der Waals surface area contributed by atoms with E-state index in [9.17, 15) is 0 Å². The van der Waals surface area contributed by atoms with Crippen molar-refractivity contribution >= 4 is 11.0 Å². The molecule has 0 fully saturated rings. The van der Waals surface area contributed by atoms with Gasteiger partial charge in [0.15, 0.2) is 0 Å². The molecule has 1 heterocycles. The molecule has 0 saturated heterocycles. The summed E-state index contributed by atoms with van der Waals surface area (Å²) in [5, 5.41) is 8.99. The first-order valence-electron chi connectivity index (χ1n) is 6.55. The molecule has 0 atom stereocenters. The number of nitrogens with zero attached hydrogens (tertiary/aromatic N) is 3. The Labute approximate surface area is 118 Å². The fraction of sp³-hybridized carbons (Fsp3) is 0.176. The summed E-state index contributed by atoms with van der Waals surface area (Å²) in [6, 6.07) is 14.0. The lowest BCUT2D eigenvalue weighted by Crippen LogP contribution is -1.96. The normalized spacial score (nSPS) is 10.7. The fourth-order valence-electron chi connectivity index (χ4n) is 2.66. The van der Waals surface area contributed by atoms with E-state index in [4.69, 9.17) is 10.2 Å². The van der Waals surface area contributed by atoms with Gasteiger partial charge in [0.25, 0.3) is 0 Å². The molecule has 0 spiro atoms. The number of aryl methyl sites for hydroxylation is 3. The SMILES string of the molecule is Cc1cccc(C)c1-c1nc2cc(C#N)ccc2n1C. The maximum absolute atomic E-state index is 8.99. The second-order valence-corrected chi connectivity index (χ2v) is 5.08. The van der Waals surface area contributed by atoms with Gasteiger partial charge in [0.1, 0.15) is 5.82 Å². The van der Waals surface area contributed by atoms with Gasteiger partial charge in [0, 0.05) is 12.6 Å². The third-order valence-electron chi connectivity index (χ3n) is 3.71. The van der Waals surface area contributed by atoms with Crippen LogP contribution in [0, 0.1) is 25.2 Å². The van der Waals surface area contributed by atoms with Crippen LogP contribution in [0.25, 0.3) is 22.4 Å². The zero-order valence-corrected chi connectivity index (χ0v) is 11.8. The highest BCUT2D eigenvalue weighted by Gasteiger charge is 2.14. The van der Waals surface area contributed by atoms with Gasteiger partial charge in [-0.2, -0.15) is 5.26 Å². The first-order valence-corrected chi connectivity index (χ1v) is 6.55. The summed E-state index contributed by atoms with van der Waals surface area (Å²) < 4.78 is 2.09. The lowest BCUT2D eigenvalue weighted by atomic mass is 10.0. The Kier molecular flexibility index (Phi) is 2.80. The third-order valence-corrected chi connectivity index (χ3v) is 3.71. The molecule has 0 radical (unpaired) electrons. The predicted molar refractivity (Wildman–Crippen MR) is 80.3 cm³/mol. The Morgan fingerprint density at radius 1 is 1.10 bits per heavy atom. The molecule has 3 heteroatoms. The number of fused-ring (bicyclic) bond motifs is 1. The van der Waals surface area contributed by atoms with Crippen molar-refractivity contribution in [3.8, 4) is 17.5 Å². The molecule has 3 rings (SSSR count). The average Bonchev–Trinajstić information content (AvgIpc) is 2.75. The van der Waals surface area contributed by atoms with E-state index in [0.29, 0.717) is 5.56 Å². The van der Waals surface area contributed by atoms with Crippen LogP contribution in [-0.4, -0.2) is 9.55 Å². The molecule has 0 unspecified atom stereocenters. The van der Waals surface area contributed by atoms with Crippen LogP contribution >= 0.6 is 0 Å². The van der Waals surface area contributed by atoms with E-state index < -0.39 is 0 Å². The smallest absolute Gasteiger partial charge is 0.141 e. The van der Waals surface area contributed by atoms with Crippen LogP contribution in [0.3, 0.4) is 0 Å². The number of benzene rings is 2. The molecule has 0 amide bonds. The minimum Gasteiger partial charge on any atom is -0.327 e. The van der Waals surface area contributed by atoms with E-state index in [2.05, 4.69) is 42.7 Å². The summed E-state index contributed by atoms with van der Waals surface area (Å²) in [7, 11) is 2.02. The van der Waals surface area contributed by atoms with Crippen molar-refractivity contribution < 1.29 is 0 Å². The van der Waals surface area contributed by atoms with Crippen LogP contribution in [-0.2, 0) is 7.05 Å². The Morgan fingerprint density at radius 2 is 1.80 bits per heavy atom. The van der Waals surface area contributed by atoms with Crippen molar-refractivity contribution in [3.05, 3.63) is 53.1 Å². The largest absolute Gasteiger partial charge is 0.327 e. The van der Waals surface area contributed by atoms with Crippen LogP contribution in [0.1, 0.15) is 16.7 Å². The molecule has 0 aliphatic rings. The predicted octanol–water partition coefficient (Wildman–Crippen LogP) is 3.73. The molecule has 3 nitrogen and oxygen atoms in total. The van der Waals surface area contributed by atoms with Gasteiger partial charge < -0.3 is 4.57 Å².